The summed E-state index contributed by atoms with van der Waals surface area (Å²) in [6.45, 7) is 0. The number of methoxy groups -OCH3 is 1. The number of nitrogens with zero attached hydrogens (tertiary/aromatic N) is 1. The minimum Gasteiger partial charge on any atom is -0.504 e. The Labute approximate surface area is 151 Å². The second-order valence-electron chi connectivity index (χ2n) is 6.89. The maximum Gasteiger partial charge on any atom is 0.259 e. The molecule has 6 heteroatoms. The third kappa shape index (κ3) is 2.33. The Morgan fingerprint density at radius 3 is 2.58 bits per heavy atom. The van der Waals surface area contributed by atoms with Gasteiger partial charge in [0.25, 0.3) is 5.91 Å². The Hall–Kier alpha value is -3.02. The van der Waals surface area contributed by atoms with Gasteiger partial charge in [-0.05, 0) is 53.6 Å². The number of carbonyl (C=O) groups is 1. The number of carbonyl (C=O) groups excluding carboxylic acids is 1. The molecule has 2 aromatic rings. The molecule has 1 heterocycles. The molecule has 0 aromatic heterocycles. The maximum absolute atomic E-state index is 13.0. The number of amides is 1. The molecule has 1 atom stereocenters. The predicted molar refractivity (Wildman–Crippen MR) is 98.1 cm³/mol. The summed E-state index contributed by atoms with van der Waals surface area (Å²) in [5, 5.41) is 21.0. The highest BCUT2D eigenvalue weighted by molar-refractivity contribution is 6.08. The fourth-order valence-corrected chi connectivity index (χ4v) is 3.72. The number of aromatic hydroxyl groups is 1. The standard InChI is InChI=1S/C20H21N3O3/c1-23-18(25)20(14-7-8-14,22-19(23)21)15-5-3-4-12(10-15)13-6-9-16(24)17(11-13)26-2/h3-6,9-11,14,24H,7-8H2,1-2H3,(H2,21,22)/t20-/m1/s1. The van der Waals surface area contributed by atoms with Crippen molar-refractivity contribution in [3.05, 3.63) is 48.0 Å². The zero-order valence-electron chi connectivity index (χ0n) is 14.7. The average Bonchev–Trinajstić information content (AvgIpc) is 3.47. The zero-order valence-corrected chi connectivity index (χ0v) is 14.7. The molecule has 1 saturated carbocycles. The van der Waals surface area contributed by atoms with Gasteiger partial charge in [0.05, 0.1) is 7.11 Å². The van der Waals surface area contributed by atoms with E-state index >= 15 is 0 Å². The van der Waals surface area contributed by atoms with Crippen molar-refractivity contribution in [1.82, 2.24) is 10.2 Å². The molecule has 1 saturated heterocycles. The first kappa shape index (κ1) is 16.4. The first-order valence-corrected chi connectivity index (χ1v) is 8.60. The average molecular weight is 351 g/mol. The van der Waals surface area contributed by atoms with Crippen molar-refractivity contribution in [3.63, 3.8) is 0 Å². The van der Waals surface area contributed by atoms with Gasteiger partial charge >= 0.3 is 0 Å². The topological polar surface area (TPSA) is 85.7 Å². The molecule has 2 fully saturated rings. The minimum absolute atomic E-state index is 0.0783. The van der Waals surface area contributed by atoms with Gasteiger partial charge in [0, 0.05) is 7.05 Å². The monoisotopic (exact) mass is 351 g/mol. The third-order valence-corrected chi connectivity index (χ3v) is 5.31. The van der Waals surface area contributed by atoms with Gasteiger partial charge in [0.15, 0.2) is 17.5 Å². The van der Waals surface area contributed by atoms with E-state index in [1.165, 1.54) is 12.0 Å². The van der Waals surface area contributed by atoms with E-state index in [9.17, 15) is 9.90 Å². The first-order valence-electron chi connectivity index (χ1n) is 8.60. The Morgan fingerprint density at radius 2 is 1.96 bits per heavy atom. The fourth-order valence-electron chi connectivity index (χ4n) is 3.72. The highest BCUT2D eigenvalue weighted by Gasteiger charge is 2.58. The van der Waals surface area contributed by atoms with Crippen LogP contribution in [-0.2, 0) is 10.3 Å². The summed E-state index contributed by atoms with van der Waals surface area (Å²) in [5.74, 6) is 0.750. The number of rotatable bonds is 4. The number of hydrogen-bond donors (Lipinski definition) is 3. The lowest BCUT2D eigenvalue weighted by Crippen LogP contribution is -2.46. The Balaban J connectivity index is 1.80. The van der Waals surface area contributed by atoms with Crippen LogP contribution in [0.25, 0.3) is 11.1 Å². The Morgan fingerprint density at radius 1 is 1.23 bits per heavy atom. The van der Waals surface area contributed by atoms with Crippen molar-refractivity contribution in [1.29, 1.82) is 5.41 Å². The van der Waals surface area contributed by atoms with Crippen LogP contribution in [0.4, 0.5) is 0 Å². The van der Waals surface area contributed by atoms with Gasteiger partial charge in [-0.3, -0.25) is 15.1 Å². The number of ether oxygens (including phenoxy) is 1. The maximum atomic E-state index is 13.0. The molecule has 2 aliphatic rings. The van der Waals surface area contributed by atoms with Gasteiger partial charge in [-0.1, -0.05) is 24.3 Å². The van der Waals surface area contributed by atoms with Crippen LogP contribution in [0.1, 0.15) is 18.4 Å². The van der Waals surface area contributed by atoms with Crippen LogP contribution >= 0.6 is 0 Å². The molecule has 6 nitrogen and oxygen atoms in total. The highest BCUT2D eigenvalue weighted by atomic mass is 16.5. The lowest BCUT2D eigenvalue weighted by Gasteiger charge is -2.28. The number of hydrogen-bond acceptors (Lipinski definition) is 4. The minimum atomic E-state index is -0.858. The molecule has 4 rings (SSSR count). The molecule has 1 amide bonds. The van der Waals surface area contributed by atoms with E-state index in [2.05, 4.69) is 5.32 Å². The summed E-state index contributed by atoms with van der Waals surface area (Å²) in [6.07, 6.45) is 1.94. The molecule has 0 radical (unpaired) electrons. The smallest absolute Gasteiger partial charge is 0.259 e. The van der Waals surface area contributed by atoms with E-state index in [0.717, 1.165) is 29.5 Å². The Bertz CT molecular complexity index is 907. The van der Waals surface area contributed by atoms with E-state index in [1.54, 1.807) is 19.2 Å². The van der Waals surface area contributed by atoms with Gasteiger partial charge < -0.3 is 15.2 Å². The number of likely N-dealkylation sites (N-methyl/N-ethyl adjacent to an activating group) is 1. The van der Waals surface area contributed by atoms with Crippen LogP contribution in [-0.4, -0.2) is 36.0 Å². The second kappa shape index (κ2) is 5.76. The van der Waals surface area contributed by atoms with E-state index in [0.29, 0.717) is 5.75 Å². The summed E-state index contributed by atoms with van der Waals surface area (Å²) < 4.78 is 5.20. The van der Waals surface area contributed by atoms with Gasteiger partial charge in [-0.2, -0.15) is 0 Å². The predicted octanol–water partition coefficient (Wildman–Crippen LogP) is 2.67. The number of nitrogens with one attached hydrogen (secondary N) is 2. The van der Waals surface area contributed by atoms with Crippen molar-refractivity contribution >= 4 is 11.9 Å². The van der Waals surface area contributed by atoms with Gasteiger partial charge in [-0.25, -0.2) is 0 Å². The summed E-state index contributed by atoms with van der Waals surface area (Å²) in [7, 11) is 3.15. The Kier molecular flexibility index (Phi) is 3.64. The number of phenolic OH excluding ortho intramolecular Hbond substituents is 1. The van der Waals surface area contributed by atoms with Gasteiger partial charge in [0.1, 0.15) is 5.54 Å². The number of phenols is 1. The first-order chi connectivity index (χ1) is 12.5. The second-order valence-corrected chi connectivity index (χ2v) is 6.89. The molecule has 0 spiro atoms. The lowest BCUT2D eigenvalue weighted by molar-refractivity contribution is -0.131. The van der Waals surface area contributed by atoms with Crippen molar-refractivity contribution in [3.8, 4) is 22.6 Å². The molecule has 2 aromatic carbocycles. The van der Waals surface area contributed by atoms with Crippen molar-refractivity contribution < 1.29 is 14.6 Å². The largest absolute Gasteiger partial charge is 0.504 e. The van der Waals surface area contributed by atoms with Crippen LogP contribution in [0.3, 0.4) is 0 Å². The van der Waals surface area contributed by atoms with E-state index < -0.39 is 5.54 Å². The number of guanidine groups is 1. The van der Waals surface area contributed by atoms with Gasteiger partial charge in [0.2, 0.25) is 0 Å². The summed E-state index contributed by atoms with van der Waals surface area (Å²) in [4.78, 5) is 14.4. The van der Waals surface area contributed by atoms with E-state index in [1.807, 2.05) is 30.3 Å². The molecule has 1 aliphatic heterocycles. The SMILES string of the molecule is COc1cc(-c2cccc([C@@]3(C4CC4)NC(=N)N(C)C3=O)c2)ccc1O. The quantitative estimate of drug-likeness (QED) is 0.790. The molecular formula is C20H21N3O3. The summed E-state index contributed by atoms with van der Waals surface area (Å²) in [6, 6.07) is 13.0. The molecule has 0 bridgehead atoms. The summed E-state index contributed by atoms with van der Waals surface area (Å²) in [5.41, 5.74) is 1.82. The van der Waals surface area contributed by atoms with Crippen molar-refractivity contribution in [2.75, 3.05) is 14.2 Å². The zero-order chi connectivity index (χ0) is 18.5. The molecular weight excluding hydrogens is 330 g/mol. The van der Waals surface area contributed by atoms with Crippen LogP contribution in [0.5, 0.6) is 11.5 Å². The molecule has 0 unspecified atom stereocenters. The molecule has 134 valence electrons. The van der Waals surface area contributed by atoms with Gasteiger partial charge in [-0.15, -0.1) is 0 Å². The van der Waals surface area contributed by atoms with Crippen molar-refractivity contribution in [2.24, 2.45) is 5.92 Å². The molecule has 3 N–H and O–H groups in total. The van der Waals surface area contributed by atoms with E-state index in [-0.39, 0.29) is 23.5 Å². The fraction of sp³-hybridized carbons (Fsp3) is 0.300. The van der Waals surface area contributed by atoms with Crippen LogP contribution < -0.4 is 10.1 Å². The van der Waals surface area contributed by atoms with Crippen molar-refractivity contribution in [2.45, 2.75) is 18.4 Å². The van der Waals surface area contributed by atoms with Crippen LogP contribution in [0.2, 0.25) is 0 Å². The number of benzene rings is 2. The van der Waals surface area contributed by atoms with Crippen LogP contribution in [0.15, 0.2) is 42.5 Å². The summed E-state index contributed by atoms with van der Waals surface area (Å²) >= 11 is 0. The lowest BCUT2D eigenvalue weighted by atomic mass is 9.83. The van der Waals surface area contributed by atoms with E-state index in [4.69, 9.17) is 10.1 Å². The molecule has 26 heavy (non-hydrogen) atoms. The normalized spacial score (nSPS) is 22.5. The third-order valence-electron chi connectivity index (χ3n) is 5.31. The highest BCUT2D eigenvalue weighted by Crippen LogP contribution is 2.49. The van der Waals surface area contributed by atoms with Crippen LogP contribution in [0, 0.1) is 11.3 Å². The molecule has 1 aliphatic carbocycles.